The van der Waals surface area contributed by atoms with E-state index < -0.39 is 5.91 Å². The molecule has 0 unspecified atom stereocenters. The molecule has 2 aromatic rings. The van der Waals surface area contributed by atoms with Crippen molar-refractivity contribution in [3.05, 3.63) is 65.7 Å². The van der Waals surface area contributed by atoms with Crippen LogP contribution < -0.4 is 15.8 Å². The van der Waals surface area contributed by atoms with E-state index in [9.17, 15) is 9.59 Å². The van der Waals surface area contributed by atoms with Crippen molar-refractivity contribution < 1.29 is 14.3 Å². The van der Waals surface area contributed by atoms with Crippen molar-refractivity contribution in [2.75, 3.05) is 11.9 Å². The van der Waals surface area contributed by atoms with E-state index in [1.807, 2.05) is 31.2 Å². The second-order valence-corrected chi connectivity index (χ2v) is 4.77. The standard InChI is InChI=1S/C18H18N2O3/c1-2-23-16-10-3-13(4-11-16)5-12-17(21)20-15-8-6-14(7-9-15)18(19)22/h3-12H,2H2,1H3,(H2,19,22)(H,20,21)/b12-5+. The number of rotatable bonds is 6. The highest BCUT2D eigenvalue weighted by Crippen LogP contribution is 2.13. The van der Waals surface area contributed by atoms with Gasteiger partial charge in [0.1, 0.15) is 5.75 Å². The molecule has 2 rings (SSSR count). The van der Waals surface area contributed by atoms with Gasteiger partial charge in [-0.1, -0.05) is 12.1 Å². The predicted octanol–water partition coefficient (Wildman–Crippen LogP) is 2.84. The van der Waals surface area contributed by atoms with Crippen LogP contribution in [0.4, 0.5) is 5.69 Å². The van der Waals surface area contributed by atoms with Crippen molar-refractivity contribution in [1.29, 1.82) is 0 Å². The van der Waals surface area contributed by atoms with Gasteiger partial charge >= 0.3 is 0 Å². The number of hydrogen-bond acceptors (Lipinski definition) is 3. The van der Waals surface area contributed by atoms with Crippen LogP contribution in [0.2, 0.25) is 0 Å². The summed E-state index contributed by atoms with van der Waals surface area (Å²) in [6.45, 7) is 2.54. The lowest BCUT2D eigenvalue weighted by atomic mass is 10.2. The number of nitrogens with one attached hydrogen (secondary N) is 1. The molecule has 0 saturated carbocycles. The van der Waals surface area contributed by atoms with Gasteiger partial charge in [0.15, 0.2) is 0 Å². The first kappa shape index (κ1) is 16.3. The third-order valence-corrected chi connectivity index (χ3v) is 3.06. The normalized spacial score (nSPS) is 10.5. The molecule has 0 spiro atoms. The maximum atomic E-state index is 11.9. The van der Waals surface area contributed by atoms with Gasteiger partial charge in [0, 0.05) is 17.3 Å². The van der Waals surface area contributed by atoms with Crippen LogP contribution in [0.5, 0.6) is 5.75 Å². The first-order valence-electron chi connectivity index (χ1n) is 7.20. The summed E-state index contributed by atoms with van der Waals surface area (Å²) in [5.74, 6) is 0.0348. The topological polar surface area (TPSA) is 81.4 Å². The van der Waals surface area contributed by atoms with Crippen LogP contribution in [0.25, 0.3) is 6.08 Å². The first-order chi connectivity index (χ1) is 11.1. The van der Waals surface area contributed by atoms with Crippen LogP contribution in [0.1, 0.15) is 22.8 Å². The summed E-state index contributed by atoms with van der Waals surface area (Å²) in [6, 6.07) is 13.8. The maximum Gasteiger partial charge on any atom is 0.248 e. The Morgan fingerprint density at radius 3 is 2.30 bits per heavy atom. The smallest absolute Gasteiger partial charge is 0.248 e. The molecule has 0 aromatic heterocycles. The van der Waals surface area contributed by atoms with Gasteiger partial charge in [-0.3, -0.25) is 9.59 Å². The van der Waals surface area contributed by atoms with Crippen LogP contribution in [0, 0.1) is 0 Å². The fraction of sp³-hybridized carbons (Fsp3) is 0.111. The number of primary amides is 1. The Morgan fingerprint density at radius 1 is 1.09 bits per heavy atom. The number of nitrogens with two attached hydrogens (primary N) is 1. The van der Waals surface area contributed by atoms with Crippen LogP contribution in [-0.4, -0.2) is 18.4 Å². The molecule has 0 aliphatic carbocycles. The number of carbonyl (C=O) groups is 2. The van der Waals surface area contributed by atoms with Gasteiger partial charge in [-0.25, -0.2) is 0 Å². The molecule has 2 amide bonds. The number of carbonyl (C=O) groups excluding carboxylic acids is 2. The molecule has 0 fully saturated rings. The van der Waals surface area contributed by atoms with Gasteiger partial charge in [0.05, 0.1) is 6.61 Å². The Kier molecular flexibility index (Phi) is 5.52. The summed E-state index contributed by atoms with van der Waals surface area (Å²) in [5, 5.41) is 2.71. The molecular weight excluding hydrogens is 292 g/mol. The highest BCUT2D eigenvalue weighted by atomic mass is 16.5. The van der Waals surface area contributed by atoms with Crippen LogP contribution in [0.3, 0.4) is 0 Å². The Hall–Kier alpha value is -3.08. The zero-order chi connectivity index (χ0) is 16.7. The van der Waals surface area contributed by atoms with E-state index in [1.165, 1.54) is 6.08 Å². The summed E-state index contributed by atoms with van der Waals surface area (Å²) >= 11 is 0. The second-order valence-electron chi connectivity index (χ2n) is 4.77. The van der Waals surface area contributed by atoms with Gasteiger partial charge in [-0.15, -0.1) is 0 Å². The Morgan fingerprint density at radius 2 is 1.74 bits per heavy atom. The Labute approximate surface area is 134 Å². The number of ether oxygens (including phenoxy) is 1. The molecule has 0 aliphatic heterocycles. The number of hydrogen-bond donors (Lipinski definition) is 2. The van der Waals surface area contributed by atoms with Gasteiger partial charge in [-0.2, -0.15) is 0 Å². The highest BCUT2D eigenvalue weighted by Gasteiger charge is 2.01. The molecule has 5 heteroatoms. The lowest BCUT2D eigenvalue weighted by Gasteiger charge is -2.03. The molecule has 5 nitrogen and oxygen atoms in total. The van der Waals surface area contributed by atoms with Gasteiger partial charge in [0.25, 0.3) is 0 Å². The van der Waals surface area contributed by atoms with Crippen LogP contribution in [-0.2, 0) is 4.79 Å². The van der Waals surface area contributed by atoms with Crippen molar-refractivity contribution in [2.24, 2.45) is 5.73 Å². The predicted molar refractivity (Wildman–Crippen MR) is 90.2 cm³/mol. The molecule has 3 N–H and O–H groups in total. The summed E-state index contributed by atoms with van der Waals surface area (Å²) in [4.78, 5) is 22.8. The number of amides is 2. The van der Waals surface area contributed by atoms with Gasteiger partial charge in [0.2, 0.25) is 11.8 Å². The van der Waals surface area contributed by atoms with Crippen molar-refractivity contribution in [3.8, 4) is 5.75 Å². The molecule has 118 valence electrons. The molecular formula is C18H18N2O3. The zero-order valence-corrected chi connectivity index (χ0v) is 12.8. The largest absolute Gasteiger partial charge is 0.494 e. The van der Waals surface area contributed by atoms with Crippen LogP contribution in [0.15, 0.2) is 54.6 Å². The maximum absolute atomic E-state index is 11.9. The molecule has 23 heavy (non-hydrogen) atoms. The van der Waals surface area contributed by atoms with E-state index in [1.54, 1.807) is 30.3 Å². The van der Waals surface area contributed by atoms with E-state index in [2.05, 4.69) is 5.32 Å². The third kappa shape index (κ3) is 5.00. The number of anilines is 1. The Balaban J connectivity index is 1.94. The van der Waals surface area contributed by atoms with E-state index in [4.69, 9.17) is 10.5 Å². The van der Waals surface area contributed by atoms with Crippen molar-refractivity contribution in [1.82, 2.24) is 0 Å². The average Bonchev–Trinajstić information content (AvgIpc) is 2.55. The summed E-state index contributed by atoms with van der Waals surface area (Å²) in [5.41, 5.74) is 7.05. The molecule has 0 heterocycles. The molecule has 0 aliphatic rings. The SMILES string of the molecule is CCOc1ccc(/C=C/C(=O)Nc2ccc(C(N)=O)cc2)cc1. The molecule has 0 saturated heterocycles. The van der Waals surface area contributed by atoms with Crippen molar-refractivity contribution >= 4 is 23.6 Å². The molecule has 2 aromatic carbocycles. The fourth-order valence-electron chi connectivity index (χ4n) is 1.92. The quantitative estimate of drug-likeness (QED) is 0.805. The summed E-state index contributed by atoms with van der Waals surface area (Å²) in [7, 11) is 0. The molecule has 0 bridgehead atoms. The van der Waals surface area contributed by atoms with Crippen LogP contribution >= 0.6 is 0 Å². The van der Waals surface area contributed by atoms with Gasteiger partial charge in [-0.05, 0) is 55.0 Å². The minimum absolute atomic E-state index is 0.259. The van der Waals surface area contributed by atoms with Crippen molar-refractivity contribution in [2.45, 2.75) is 6.92 Å². The monoisotopic (exact) mass is 310 g/mol. The van der Waals surface area contributed by atoms with E-state index in [0.29, 0.717) is 17.9 Å². The number of benzene rings is 2. The average molecular weight is 310 g/mol. The fourth-order valence-corrected chi connectivity index (χ4v) is 1.92. The van der Waals surface area contributed by atoms with E-state index >= 15 is 0 Å². The lowest BCUT2D eigenvalue weighted by Crippen LogP contribution is -2.11. The molecule has 0 radical (unpaired) electrons. The molecule has 0 atom stereocenters. The lowest BCUT2D eigenvalue weighted by molar-refractivity contribution is -0.111. The third-order valence-electron chi connectivity index (χ3n) is 3.06. The van der Waals surface area contributed by atoms with E-state index in [-0.39, 0.29) is 5.91 Å². The second kappa shape index (κ2) is 7.79. The van der Waals surface area contributed by atoms with Crippen molar-refractivity contribution in [3.63, 3.8) is 0 Å². The summed E-state index contributed by atoms with van der Waals surface area (Å²) < 4.78 is 5.36. The zero-order valence-electron chi connectivity index (χ0n) is 12.8. The minimum Gasteiger partial charge on any atom is -0.494 e. The summed E-state index contributed by atoms with van der Waals surface area (Å²) in [6.07, 6.45) is 3.15. The first-order valence-corrected chi connectivity index (χ1v) is 7.20. The van der Waals surface area contributed by atoms with Gasteiger partial charge < -0.3 is 15.8 Å². The van der Waals surface area contributed by atoms with E-state index in [0.717, 1.165) is 11.3 Å². The highest BCUT2D eigenvalue weighted by molar-refractivity contribution is 6.02. The minimum atomic E-state index is -0.502. The Bertz CT molecular complexity index is 704.